The SMILES string of the molecule is O=C(c1cccc(F)c1)c1cnc[nH]1. The number of hydrogen-bond acceptors (Lipinski definition) is 2. The Labute approximate surface area is 79.6 Å². The molecule has 70 valence electrons. The smallest absolute Gasteiger partial charge is 0.210 e. The van der Waals surface area contributed by atoms with Crippen molar-refractivity contribution in [2.75, 3.05) is 0 Å². The Kier molecular flexibility index (Phi) is 2.10. The van der Waals surface area contributed by atoms with Gasteiger partial charge in [-0.05, 0) is 12.1 Å². The summed E-state index contributed by atoms with van der Waals surface area (Å²) in [7, 11) is 0. The quantitative estimate of drug-likeness (QED) is 0.733. The monoisotopic (exact) mass is 190 g/mol. The topological polar surface area (TPSA) is 45.8 Å². The van der Waals surface area contributed by atoms with Gasteiger partial charge in [-0.25, -0.2) is 9.37 Å². The first-order valence-electron chi connectivity index (χ1n) is 4.06. The third kappa shape index (κ3) is 1.54. The molecule has 0 bridgehead atoms. The minimum absolute atomic E-state index is 0.262. The molecule has 0 aliphatic rings. The van der Waals surface area contributed by atoms with E-state index in [1.165, 1.54) is 30.7 Å². The van der Waals surface area contributed by atoms with Crippen LogP contribution in [0.4, 0.5) is 4.39 Å². The second kappa shape index (κ2) is 3.41. The molecule has 0 fully saturated rings. The van der Waals surface area contributed by atoms with Crippen molar-refractivity contribution < 1.29 is 9.18 Å². The lowest BCUT2D eigenvalue weighted by atomic mass is 10.1. The molecule has 1 heterocycles. The van der Waals surface area contributed by atoms with Crippen LogP contribution < -0.4 is 0 Å². The predicted octanol–water partition coefficient (Wildman–Crippen LogP) is 1.78. The van der Waals surface area contributed by atoms with Gasteiger partial charge in [-0.15, -0.1) is 0 Å². The first kappa shape index (κ1) is 8.62. The van der Waals surface area contributed by atoms with Crippen LogP contribution in [0.15, 0.2) is 36.8 Å². The number of imidazole rings is 1. The first-order valence-corrected chi connectivity index (χ1v) is 4.06. The molecule has 0 saturated carbocycles. The highest BCUT2D eigenvalue weighted by Crippen LogP contribution is 2.08. The van der Waals surface area contributed by atoms with E-state index in [1.807, 2.05) is 0 Å². The van der Waals surface area contributed by atoms with Gasteiger partial charge in [0.15, 0.2) is 0 Å². The summed E-state index contributed by atoms with van der Waals surface area (Å²) in [5.74, 6) is -0.683. The average molecular weight is 190 g/mol. The van der Waals surface area contributed by atoms with Crippen LogP contribution in [0.5, 0.6) is 0 Å². The number of rotatable bonds is 2. The third-order valence-corrected chi connectivity index (χ3v) is 1.83. The summed E-state index contributed by atoms with van der Waals surface area (Å²) in [4.78, 5) is 18.0. The van der Waals surface area contributed by atoms with E-state index in [1.54, 1.807) is 6.07 Å². The van der Waals surface area contributed by atoms with E-state index in [0.29, 0.717) is 11.3 Å². The molecule has 14 heavy (non-hydrogen) atoms. The number of halogens is 1. The van der Waals surface area contributed by atoms with E-state index in [0.717, 1.165) is 0 Å². The Morgan fingerprint density at radius 1 is 1.43 bits per heavy atom. The molecular weight excluding hydrogens is 183 g/mol. The van der Waals surface area contributed by atoms with E-state index in [2.05, 4.69) is 9.97 Å². The Balaban J connectivity index is 2.37. The number of aromatic nitrogens is 2. The molecule has 1 aromatic carbocycles. The predicted molar refractivity (Wildman–Crippen MR) is 48.4 cm³/mol. The minimum atomic E-state index is -0.421. The average Bonchev–Trinajstić information content (AvgIpc) is 2.69. The lowest BCUT2D eigenvalue weighted by Crippen LogP contribution is -2.01. The van der Waals surface area contributed by atoms with Gasteiger partial charge in [0.2, 0.25) is 5.78 Å². The van der Waals surface area contributed by atoms with Gasteiger partial charge >= 0.3 is 0 Å². The molecule has 1 N–H and O–H groups in total. The van der Waals surface area contributed by atoms with Crippen molar-refractivity contribution in [3.05, 3.63) is 53.9 Å². The Morgan fingerprint density at radius 2 is 2.29 bits per heavy atom. The van der Waals surface area contributed by atoms with E-state index in [4.69, 9.17) is 0 Å². The van der Waals surface area contributed by atoms with Crippen molar-refractivity contribution in [1.82, 2.24) is 9.97 Å². The maximum absolute atomic E-state index is 12.8. The van der Waals surface area contributed by atoms with Gasteiger partial charge in [-0.3, -0.25) is 4.79 Å². The second-order valence-corrected chi connectivity index (χ2v) is 2.80. The van der Waals surface area contributed by atoms with Crippen LogP contribution in [0.2, 0.25) is 0 Å². The third-order valence-electron chi connectivity index (χ3n) is 1.83. The molecule has 0 unspecified atom stereocenters. The number of carbonyl (C=O) groups excluding carboxylic acids is 1. The molecule has 4 heteroatoms. The van der Waals surface area contributed by atoms with Crippen LogP contribution in [-0.4, -0.2) is 15.8 Å². The van der Waals surface area contributed by atoms with Crippen LogP contribution in [0.3, 0.4) is 0 Å². The lowest BCUT2D eigenvalue weighted by molar-refractivity contribution is 0.103. The van der Waals surface area contributed by atoms with Crippen LogP contribution >= 0.6 is 0 Å². The molecular formula is C10H7FN2O. The molecule has 0 amide bonds. The van der Waals surface area contributed by atoms with E-state index < -0.39 is 5.82 Å². The number of benzene rings is 1. The zero-order chi connectivity index (χ0) is 9.97. The van der Waals surface area contributed by atoms with Crippen molar-refractivity contribution in [1.29, 1.82) is 0 Å². The number of nitrogens with zero attached hydrogens (tertiary/aromatic N) is 1. The molecule has 0 aliphatic carbocycles. The maximum Gasteiger partial charge on any atom is 0.210 e. The van der Waals surface area contributed by atoms with Crippen LogP contribution in [0, 0.1) is 5.82 Å². The Bertz CT molecular complexity index is 451. The molecule has 0 atom stereocenters. The molecule has 0 radical (unpaired) electrons. The van der Waals surface area contributed by atoms with Crippen molar-refractivity contribution in [3.63, 3.8) is 0 Å². The molecule has 1 aromatic heterocycles. The zero-order valence-corrected chi connectivity index (χ0v) is 7.20. The first-order chi connectivity index (χ1) is 6.77. The van der Waals surface area contributed by atoms with Crippen molar-refractivity contribution in [2.24, 2.45) is 0 Å². The number of carbonyl (C=O) groups is 1. The summed E-state index contributed by atoms with van der Waals surface area (Å²) in [6.07, 6.45) is 2.82. The maximum atomic E-state index is 12.8. The normalized spacial score (nSPS) is 10.1. The largest absolute Gasteiger partial charge is 0.342 e. The number of hydrogen-bond donors (Lipinski definition) is 1. The fraction of sp³-hybridized carbons (Fsp3) is 0. The summed E-state index contributed by atoms with van der Waals surface area (Å²) < 4.78 is 12.8. The van der Waals surface area contributed by atoms with Crippen molar-refractivity contribution in [2.45, 2.75) is 0 Å². The molecule has 0 saturated heterocycles. The van der Waals surface area contributed by atoms with E-state index in [-0.39, 0.29) is 5.78 Å². The van der Waals surface area contributed by atoms with Crippen LogP contribution in [0.25, 0.3) is 0 Å². The lowest BCUT2D eigenvalue weighted by Gasteiger charge is -1.97. The van der Waals surface area contributed by atoms with Crippen molar-refractivity contribution >= 4 is 5.78 Å². The molecule has 2 rings (SSSR count). The highest BCUT2D eigenvalue weighted by Gasteiger charge is 2.10. The van der Waals surface area contributed by atoms with E-state index >= 15 is 0 Å². The highest BCUT2D eigenvalue weighted by molar-refractivity contribution is 6.07. The summed E-state index contributed by atoms with van der Waals surface area (Å²) in [6.45, 7) is 0. The van der Waals surface area contributed by atoms with Gasteiger partial charge in [-0.2, -0.15) is 0 Å². The summed E-state index contributed by atoms with van der Waals surface area (Å²) in [5.41, 5.74) is 0.671. The second-order valence-electron chi connectivity index (χ2n) is 2.80. The number of aromatic amines is 1. The van der Waals surface area contributed by atoms with Crippen molar-refractivity contribution in [3.8, 4) is 0 Å². The standard InChI is InChI=1S/C10H7FN2O/c11-8-3-1-2-7(4-8)10(14)9-5-12-6-13-9/h1-6H,(H,12,13). The number of ketones is 1. The van der Waals surface area contributed by atoms with Gasteiger partial charge in [0.25, 0.3) is 0 Å². The summed E-state index contributed by atoms with van der Waals surface area (Å²) in [5, 5.41) is 0. The van der Waals surface area contributed by atoms with E-state index in [9.17, 15) is 9.18 Å². The van der Waals surface area contributed by atoms with Gasteiger partial charge in [-0.1, -0.05) is 12.1 Å². The fourth-order valence-corrected chi connectivity index (χ4v) is 1.17. The van der Waals surface area contributed by atoms with Gasteiger partial charge in [0, 0.05) is 5.56 Å². The molecule has 0 aliphatic heterocycles. The Morgan fingerprint density at radius 3 is 2.93 bits per heavy atom. The molecule has 2 aromatic rings. The number of H-pyrrole nitrogens is 1. The zero-order valence-electron chi connectivity index (χ0n) is 7.20. The van der Waals surface area contributed by atoms with Crippen LogP contribution in [-0.2, 0) is 0 Å². The Hall–Kier alpha value is -1.97. The minimum Gasteiger partial charge on any atom is -0.342 e. The van der Waals surface area contributed by atoms with Gasteiger partial charge < -0.3 is 4.98 Å². The highest BCUT2D eigenvalue weighted by atomic mass is 19.1. The van der Waals surface area contributed by atoms with Crippen LogP contribution in [0.1, 0.15) is 16.1 Å². The molecule has 0 spiro atoms. The fourth-order valence-electron chi connectivity index (χ4n) is 1.17. The van der Waals surface area contributed by atoms with Gasteiger partial charge in [0.05, 0.1) is 12.5 Å². The number of nitrogens with one attached hydrogen (secondary N) is 1. The molecule has 3 nitrogen and oxygen atoms in total. The summed E-state index contributed by atoms with van der Waals surface area (Å²) in [6, 6.07) is 5.55. The van der Waals surface area contributed by atoms with Gasteiger partial charge in [0.1, 0.15) is 11.5 Å². The summed E-state index contributed by atoms with van der Waals surface area (Å²) >= 11 is 0.